The zero-order valence-corrected chi connectivity index (χ0v) is 15.5. The Balaban J connectivity index is 1.84. The van der Waals surface area contributed by atoms with Crippen LogP contribution in [0.5, 0.6) is 0 Å². The monoisotopic (exact) mass is 376 g/mol. The molecule has 0 aliphatic carbocycles. The number of amides is 1. The number of nitrogens with one attached hydrogen (secondary N) is 1. The number of rotatable bonds is 4. The van der Waals surface area contributed by atoms with Crippen molar-refractivity contribution in [2.24, 2.45) is 0 Å². The van der Waals surface area contributed by atoms with Crippen molar-refractivity contribution < 1.29 is 17.6 Å². The standard InChI is InChI=1S/C19H21FN2O3S/c1-13-5-9-16(10-6-13)26(24,25)22-11-3-4-18(22)19(23)21-17-12-15(20)8-7-14(17)2/h5-10,12,18H,3-4,11H2,1-2H3,(H,21,23)/t18-/m1/s1. The summed E-state index contributed by atoms with van der Waals surface area (Å²) in [5, 5.41) is 2.67. The van der Waals surface area contributed by atoms with Gasteiger partial charge in [0.2, 0.25) is 15.9 Å². The molecule has 5 nitrogen and oxygen atoms in total. The number of anilines is 1. The normalized spacial score (nSPS) is 18.0. The minimum Gasteiger partial charge on any atom is -0.324 e. The second-order valence-corrected chi connectivity index (χ2v) is 8.43. The molecule has 3 rings (SSSR count). The van der Waals surface area contributed by atoms with Gasteiger partial charge in [0.1, 0.15) is 11.9 Å². The number of aryl methyl sites for hydroxylation is 2. The van der Waals surface area contributed by atoms with Crippen molar-refractivity contribution in [3.05, 3.63) is 59.4 Å². The van der Waals surface area contributed by atoms with Crippen LogP contribution in [0.1, 0.15) is 24.0 Å². The largest absolute Gasteiger partial charge is 0.324 e. The van der Waals surface area contributed by atoms with E-state index >= 15 is 0 Å². The zero-order chi connectivity index (χ0) is 18.9. The van der Waals surface area contributed by atoms with Crippen molar-refractivity contribution >= 4 is 21.6 Å². The zero-order valence-electron chi connectivity index (χ0n) is 14.7. The van der Waals surface area contributed by atoms with Gasteiger partial charge in [-0.05, 0) is 56.5 Å². The molecule has 1 N–H and O–H groups in total. The lowest BCUT2D eigenvalue weighted by Crippen LogP contribution is -2.43. The maximum atomic E-state index is 13.4. The average molecular weight is 376 g/mol. The third-order valence-corrected chi connectivity index (χ3v) is 6.51. The first kappa shape index (κ1) is 18.5. The van der Waals surface area contributed by atoms with E-state index in [4.69, 9.17) is 0 Å². The predicted molar refractivity (Wildman–Crippen MR) is 97.9 cm³/mol. The first-order chi connectivity index (χ1) is 12.3. The summed E-state index contributed by atoms with van der Waals surface area (Å²) < 4.78 is 40.5. The summed E-state index contributed by atoms with van der Waals surface area (Å²) in [6.07, 6.45) is 1.04. The Bertz CT molecular complexity index is 926. The van der Waals surface area contributed by atoms with Gasteiger partial charge < -0.3 is 5.32 Å². The Morgan fingerprint density at radius 2 is 1.85 bits per heavy atom. The van der Waals surface area contributed by atoms with Crippen molar-refractivity contribution in [3.8, 4) is 0 Å². The van der Waals surface area contributed by atoms with E-state index in [1.54, 1.807) is 37.3 Å². The van der Waals surface area contributed by atoms with Crippen molar-refractivity contribution in [2.45, 2.75) is 37.6 Å². The predicted octanol–water partition coefficient (Wildman–Crippen LogP) is 3.23. The fraction of sp³-hybridized carbons (Fsp3) is 0.316. The molecule has 0 radical (unpaired) electrons. The van der Waals surface area contributed by atoms with Gasteiger partial charge in [-0.1, -0.05) is 23.8 Å². The summed E-state index contributed by atoms with van der Waals surface area (Å²) in [4.78, 5) is 12.9. The van der Waals surface area contributed by atoms with Crippen molar-refractivity contribution in [3.63, 3.8) is 0 Å². The van der Waals surface area contributed by atoms with Crippen LogP contribution in [0.2, 0.25) is 0 Å². The van der Waals surface area contributed by atoms with E-state index in [9.17, 15) is 17.6 Å². The second-order valence-electron chi connectivity index (χ2n) is 6.54. The van der Waals surface area contributed by atoms with Crippen LogP contribution in [0, 0.1) is 19.7 Å². The van der Waals surface area contributed by atoms with Gasteiger partial charge in [0.15, 0.2) is 0 Å². The Morgan fingerprint density at radius 3 is 2.54 bits per heavy atom. The van der Waals surface area contributed by atoms with Gasteiger partial charge in [0.05, 0.1) is 4.90 Å². The second kappa shape index (κ2) is 7.17. The summed E-state index contributed by atoms with van der Waals surface area (Å²) in [6, 6.07) is 9.88. The lowest BCUT2D eigenvalue weighted by molar-refractivity contribution is -0.119. The summed E-state index contributed by atoms with van der Waals surface area (Å²) in [5.74, 6) is -0.895. The molecular weight excluding hydrogens is 355 g/mol. The Hall–Kier alpha value is -2.25. The van der Waals surface area contributed by atoms with E-state index in [1.807, 2.05) is 6.92 Å². The number of hydrogen-bond acceptors (Lipinski definition) is 3. The highest BCUT2D eigenvalue weighted by atomic mass is 32.2. The molecule has 0 aromatic heterocycles. The number of halogens is 1. The van der Waals surface area contributed by atoms with Gasteiger partial charge in [-0.15, -0.1) is 0 Å². The van der Waals surface area contributed by atoms with Crippen LogP contribution in [0.25, 0.3) is 0 Å². The molecule has 1 heterocycles. The van der Waals surface area contributed by atoms with Crippen LogP contribution in [0.15, 0.2) is 47.4 Å². The van der Waals surface area contributed by atoms with Gasteiger partial charge in [-0.2, -0.15) is 4.31 Å². The molecule has 1 amide bonds. The Morgan fingerprint density at radius 1 is 1.15 bits per heavy atom. The van der Waals surface area contributed by atoms with E-state index < -0.39 is 27.8 Å². The van der Waals surface area contributed by atoms with E-state index in [-0.39, 0.29) is 11.4 Å². The molecule has 0 spiro atoms. The van der Waals surface area contributed by atoms with Crippen LogP contribution in [-0.2, 0) is 14.8 Å². The van der Waals surface area contributed by atoms with Crippen molar-refractivity contribution in [1.82, 2.24) is 4.31 Å². The number of sulfonamides is 1. The topological polar surface area (TPSA) is 66.5 Å². The lowest BCUT2D eigenvalue weighted by atomic mass is 10.1. The SMILES string of the molecule is Cc1ccc(S(=O)(=O)N2CCC[C@@H]2C(=O)Nc2cc(F)ccc2C)cc1. The molecule has 1 saturated heterocycles. The lowest BCUT2D eigenvalue weighted by Gasteiger charge is -2.23. The van der Waals surface area contributed by atoms with Gasteiger partial charge in [-0.3, -0.25) is 4.79 Å². The molecule has 26 heavy (non-hydrogen) atoms. The maximum Gasteiger partial charge on any atom is 0.243 e. The van der Waals surface area contributed by atoms with Crippen LogP contribution in [0.4, 0.5) is 10.1 Å². The summed E-state index contributed by atoms with van der Waals surface area (Å²) in [7, 11) is -3.76. The molecular formula is C19H21FN2O3S. The molecule has 0 saturated carbocycles. The van der Waals surface area contributed by atoms with Crippen LogP contribution >= 0.6 is 0 Å². The number of hydrogen-bond donors (Lipinski definition) is 1. The molecule has 0 unspecified atom stereocenters. The van der Waals surface area contributed by atoms with E-state index in [2.05, 4.69) is 5.32 Å². The fourth-order valence-corrected chi connectivity index (χ4v) is 4.74. The van der Waals surface area contributed by atoms with E-state index in [1.165, 1.54) is 16.4 Å². The highest BCUT2D eigenvalue weighted by Gasteiger charge is 2.39. The van der Waals surface area contributed by atoms with Crippen molar-refractivity contribution in [2.75, 3.05) is 11.9 Å². The Labute approximate surface area is 152 Å². The molecule has 1 atom stereocenters. The van der Waals surface area contributed by atoms with E-state index in [0.717, 1.165) is 5.56 Å². The van der Waals surface area contributed by atoms with Gasteiger partial charge in [-0.25, -0.2) is 12.8 Å². The number of benzene rings is 2. The highest BCUT2D eigenvalue weighted by Crippen LogP contribution is 2.27. The quantitative estimate of drug-likeness (QED) is 0.891. The molecule has 1 fully saturated rings. The fourth-order valence-electron chi connectivity index (χ4n) is 3.08. The third-order valence-electron chi connectivity index (χ3n) is 4.59. The highest BCUT2D eigenvalue weighted by molar-refractivity contribution is 7.89. The van der Waals surface area contributed by atoms with Crippen molar-refractivity contribution in [1.29, 1.82) is 0 Å². The molecule has 2 aromatic rings. The van der Waals surface area contributed by atoms with Gasteiger partial charge >= 0.3 is 0 Å². The molecule has 7 heteroatoms. The first-order valence-electron chi connectivity index (χ1n) is 8.44. The van der Waals surface area contributed by atoms with E-state index in [0.29, 0.717) is 24.1 Å². The minimum absolute atomic E-state index is 0.171. The Kier molecular flexibility index (Phi) is 5.11. The maximum absolute atomic E-state index is 13.4. The minimum atomic E-state index is -3.76. The number of nitrogens with zero attached hydrogens (tertiary/aromatic N) is 1. The summed E-state index contributed by atoms with van der Waals surface area (Å²) in [5.41, 5.74) is 2.03. The van der Waals surface area contributed by atoms with Gasteiger partial charge in [0, 0.05) is 12.2 Å². The summed E-state index contributed by atoms with van der Waals surface area (Å²) >= 11 is 0. The molecule has 1 aliphatic heterocycles. The molecule has 1 aliphatic rings. The van der Waals surface area contributed by atoms with Gasteiger partial charge in [0.25, 0.3) is 0 Å². The molecule has 138 valence electrons. The molecule has 0 bridgehead atoms. The first-order valence-corrected chi connectivity index (χ1v) is 9.88. The van der Waals surface area contributed by atoms with Crippen LogP contribution in [-0.4, -0.2) is 31.2 Å². The number of carbonyl (C=O) groups excluding carboxylic acids is 1. The van der Waals surface area contributed by atoms with Crippen LogP contribution in [0.3, 0.4) is 0 Å². The molecule has 2 aromatic carbocycles. The summed E-state index contributed by atoms with van der Waals surface area (Å²) in [6.45, 7) is 3.92. The smallest absolute Gasteiger partial charge is 0.243 e. The third kappa shape index (κ3) is 3.64. The number of carbonyl (C=O) groups is 1. The van der Waals surface area contributed by atoms with Crippen LogP contribution < -0.4 is 5.32 Å². The average Bonchev–Trinajstić information content (AvgIpc) is 3.09.